The van der Waals surface area contributed by atoms with E-state index < -0.39 is 0 Å². The summed E-state index contributed by atoms with van der Waals surface area (Å²) in [6, 6.07) is 55.8. The maximum atomic E-state index is 4.66. The van der Waals surface area contributed by atoms with Crippen molar-refractivity contribution in [3.05, 3.63) is 164 Å². The third kappa shape index (κ3) is 4.43. The first-order chi connectivity index (χ1) is 22.3. The summed E-state index contributed by atoms with van der Waals surface area (Å²) in [5, 5.41) is 0. The SMILES string of the molecule is [Pt+2].[c-]1c(-c2ccccn2)ccc2c1N1c3[c-]c(-c4ccccn4)ccc3N(c3ccccc3)c3cccc(c31)N2c1ccccc1. The Morgan fingerprint density at radius 1 is 0.391 bits per heavy atom. The van der Waals surface area contributed by atoms with Gasteiger partial charge in [0.15, 0.2) is 0 Å². The molecule has 2 aliphatic heterocycles. The summed E-state index contributed by atoms with van der Waals surface area (Å²) in [4.78, 5) is 16.3. The van der Waals surface area contributed by atoms with Crippen LogP contribution < -0.4 is 14.7 Å². The van der Waals surface area contributed by atoms with Crippen LogP contribution in [0.1, 0.15) is 0 Å². The molecule has 0 saturated carbocycles. The minimum atomic E-state index is 0. The second kappa shape index (κ2) is 11.4. The van der Waals surface area contributed by atoms with E-state index in [4.69, 9.17) is 0 Å². The molecule has 0 spiro atoms. The molecular weight excluding hydrogens is 746 g/mol. The zero-order valence-electron chi connectivity index (χ0n) is 24.5. The van der Waals surface area contributed by atoms with E-state index in [1.807, 2.05) is 48.8 Å². The Bertz CT molecular complexity index is 2020. The molecule has 0 amide bonds. The molecule has 0 bridgehead atoms. The molecular formula is C40H25N5Pt. The molecule has 0 aliphatic carbocycles. The van der Waals surface area contributed by atoms with E-state index in [-0.39, 0.29) is 21.1 Å². The van der Waals surface area contributed by atoms with E-state index >= 15 is 0 Å². The molecule has 6 heteroatoms. The number of para-hydroxylation sites is 3. The van der Waals surface area contributed by atoms with Crippen LogP contribution in [0.3, 0.4) is 0 Å². The molecule has 7 aromatic rings. The standard InChI is InChI=1S/C40H25N5.Pt/c1-3-12-30(13-4-1)43-34-22-20-28(32-16-7-9-24-41-32)26-38(34)45-39-27-29(33-17-8-10-25-42-33)21-23-35(39)44(31-14-5-2-6-15-31)37-19-11-18-36(43)40(37)45;/h1-25H;/q-2;+2. The number of rotatable bonds is 4. The number of aromatic nitrogens is 2. The molecule has 0 atom stereocenters. The van der Waals surface area contributed by atoms with Gasteiger partial charge in [-0.2, -0.15) is 0 Å². The second-order valence-electron chi connectivity index (χ2n) is 11.0. The summed E-state index contributed by atoms with van der Waals surface area (Å²) in [7, 11) is 0. The Hall–Kier alpha value is -5.51. The van der Waals surface area contributed by atoms with Crippen molar-refractivity contribution >= 4 is 51.2 Å². The van der Waals surface area contributed by atoms with E-state index in [2.05, 4.69) is 140 Å². The van der Waals surface area contributed by atoms with Gasteiger partial charge in [0.25, 0.3) is 0 Å². The summed E-state index contributed by atoms with van der Waals surface area (Å²) >= 11 is 0. The average molecular weight is 771 g/mol. The maximum absolute atomic E-state index is 4.66. The van der Waals surface area contributed by atoms with E-state index in [0.29, 0.717) is 0 Å². The van der Waals surface area contributed by atoms with Crippen molar-refractivity contribution in [3.8, 4) is 22.5 Å². The third-order valence-electron chi connectivity index (χ3n) is 8.35. The van der Waals surface area contributed by atoms with Crippen LogP contribution >= 0.6 is 0 Å². The fourth-order valence-electron chi connectivity index (χ4n) is 6.41. The van der Waals surface area contributed by atoms with Crippen LogP contribution in [-0.2, 0) is 21.1 Å². The Morgan fingerprint density at radius 2 is 0.848 bits per heavy atom. The first-order valence-electron chi connectivity index (χ1n) is 14.9. The quantitative estimate of drug-likeness (QED) is 0.167. The molecule has 9 rings (SSSR count). The summed E-state index contributed by atoms with van der Waals surface area (Å²) < 4.78 is 0. The average Bonchev–Trinajstić information content (AvgIpc) is 3.12. The molecule has 0 radical (unpaired) electrons. The van der Waals surface area contributed by atoms with Crippen LogP contribution in [0.5, 0.6) is 0 Å². The van der Waals surface area contributed by atoms with Crippen molar-refractivity contribution in [1.29, 1.82) is 0 Å². The molecule has 5 aromatic carbocycles. The molecule has 5 nitrogen and oxygen atoms in total. The van der Waals surface area contributed by atoms with E-state index in [9.17, 15) is 0 Å². The zero-order chi connectivity index (χ0) is 29.7. The monoisotopic (exact) mass is 770 g/mol. The Balaban J connectivity index is 0.00000312. The third-order valence-corrected chi connectivity index (χ3v) is 8.35. The smallest absolute Gasteiger partial charge is 0.348 e. The number of benzene rings is 5. The van der Waals surface area contributed by atoms with Crippen LogP contribution in [0.15, 0.2) is 152 Å². The zero-order valence-corrected chi connectivity index (χ0v) is 26.8. The number of hydrogen-bond acceptors (Lipinski definition) is 5. The van der Waals surface area contributed by atoms with E-state index in [1.165, 1.54) is 0 Å². The van der Waals surface area contributed by atoms with E-state index in [0.717, 1.165) is 73.7 Å². The van der Waals surface area contributed by atoms with Gasteiger partial charge in [0.1, 0.15) is 0 Å². The van der Waals surface area contributed by atoms with Gasteiger partial charge < -0.3 is 24.7 Å². The van der Waals surface area contributed by atoms with Crippen LogP contribution in [0, 0.1) is 12.1 Å². The number of fused-ring (bicyclic) bond motifs is 4. The van der Waals surface area contributed by atoms with Gasteiger partial charge in [0.05, 0.1) is 17.1 Å². The van der Waals surface area contributed by atoms with Gasteiger partial charge in [-0.25, -0.2) is 0 Å². The fourth-order valence-corrected chi connectivity index (χ4v) is 6.41. The molecule has 0 fully saturated rings. The summed E-state index contributed by atoms with van der Waals surface area (Å²) in [5.74, 6) is 0. The van der Waals surface area contributed by atoms with Crippen molar-refractivity contribution in [2.45, 2.75) is 0 Å². The number of pyridine rings is 2. The Labute approximate surface area is 282 Å². The van der Waals surface area contributed by atoms with Gasteiger partial charge in [-0.1, -0.05) is 66.7 Å². The van der Waals surface area contributed by atoms with Crippen LogP contribution in [0.2, 0.25) is 0 Å². The van der Waals surface area contributed by atoms with Gasteiger partial charge >= 0.3 is 21.1 Å². The van der Waals surface area contributed by atoms with Gasteiger partial charge in [-0.15, -0.1) is 47.5 Å². The topological polar surface area (TPSA) is 35.5 Å². The Morgan fingerprint density at radius 3 is 1.28 bits per heavy atom. The second-order valence-corrected chi connectivity index (χ2v) is 11.0. The predicted octanol–water partition coefficient (Wildman–Crippen LogP) is 10.4. The van der Waals surface area contributed by atoms with Crippen molar-refractivity contribution in [2.24, 2.45) is 0 Å². The first kappa shape index (κ1) is 28.0. The molecule has 0 N–H and O–H groups in total. The van der Waals surface area contributed by atoms with E-state index in [1.54, 1.807) is 0 Å². The van der Waals surface area contributed by atoms with Crippen molar-refractivity contribution in [3.63, 3.8) is 0 Å². The van der Waals surface area contributed by atoms with Crippen LogP contribution in [-0.4, -0.2) is 9.97 Å². The largest absolute Gasteiger partial charge is 2.00 e. The summed E-state index contributed by atoms with van der Waals surface area (Å²) in [6.45, 7) is 0. The van der Waals surface area contributed by atoms with Gasteiger partial charge in [-0.05, 0) is 82.7 Å². The maximum Gasteiger partial charge on any atom is 2.00 e. The molecule has 2 aliphatic rings. The summed E-state index contributed by atoms with van der Waals surface area (Å²) in [5.41, 5.74) is 12.9. The normalized spacial score (nSPS) is 12.5. The van der Waals surface area contributed by atoms with Gasteiger partial charge in [0.2, 0.25) is 0 Å². The van der Waals surface area contributed by atoms with Crippen LogP contribution in [0.4, 0.5) is 51.2 Å². The molecule has 0 unspecified atom stereocenters. The number of nitrogens with zero attached hydrogens (tertiary/aromatic N) is 5. The predicted molar refractivity (Wildman–Crippen MR) is 182 cm³/mol. The minimum Gasteiger partial charge on any atom is -0.348 e. The molecule has 220 valence electrons. The van der Waals surface area contributed by atoms with Gasteiger partial charge in [-0.3, -0.25) is 0 Å². The first-order valence-corrected chi connectivity index (χ1v) is 14.9. The van der Waals surface area contributed by atoms with Crippen molar-refractivity contribution < 1.29 is 21.1 Å². The number of hydrogen-bond donors (Lipinski definition) is 0. The molecule has 2 aromatic heterocycles. The Kier molecular flexibility index (Phi) is 6.97. The minimum absolute atomic E-state index is 0. The van der Waals surface area contributed by atoms with Crippen molar-refractivity contribution in [1.82, 2.24) is 9.97 Å². The van der Waals surface area contributed by atoms with Crippen LogP contribution in [0.25, 0.3) is 22.5 Å². The molecule has 0 saturated heterocycles. The van der Waals surface area contributed by atoms with Crippen molar-refractivity contribution in [2.75, 3.05) is 14.7 Å². The molecule has 46 heavy (non-hydrogen) atoms. The molecule has 4 heterocycles. The fraction of sp³-hybridized carbons (Fsp3) is 0. The number of anilines is 9. The summed E-state index contributed by atoms with van der Waals surface area (Å²) in [6.07, 6.45) is 3.65. The van der Waals surface area contributed by atoms with Gasteiger partial charge in [0, 0.05) is 23.8 Å².